The zero-order valence-electron chi connectivity index (χ0n) is 13.1. The lowest BCUT2D eigenvalue weighted by Gasteiger charge is -2.12. The summed E-state index contributed by atoms with van der Waals surface area (Å²) in [5.74, 6) is 0.284. The van der Waals surface area contributed by atoms with Crippen LogP contribution in [0.5, 0.6) is 0 Å². The number of hydrogen-bond acceptors (Lipinski definition) is 3. The van der Waals surface area contributed by atoms with Crippen LogP contribution in [0.2, 0.25) is 0 Å². The first-order chi connectivity index (χ1) is 9.69. The predicted octanol–water partition coefficient (Wildman–Crippen LogP) is 3.52. The highest BCUT2D eigenvalue weighted by Crippen LogP contribution is 2.22. The van der Waals surface area contributed by atoms with Gasteiger partial charge < -0.3 is 5.32 Å². The first-order valence-electron chi connectivity index (χ1n) is 7.32. The van der Waals surface area contributed by atoms with Crippen molar-refractivity contribution in [2.24, 2.45) is 0 Å². The molecule has 6 heteroatoms. The molecule has 1 heterocycles. The molecule has 0 unspecified atom stereocenters. The van der Waals surface area contributed by atoms with Crippen LogP contribution in [0.4, 0.5) is 13.2 Å². The molecule has 0 aliphatic carbocycles. The van der Waals surface area contributed by atoms with Gasteiger partial charge in [-0.25, -0.2) is 9.97 Å². The van der Waals surface area contributed by atoms with Crippen molar-refractivity contribution in [1.82, 2.24) is 15.3 Å². The van der Waals surface area contributed by atoms with E-state index < -0.39 is 12.6 Å². The second-order valence-electron chi connectivity index (χ2n) is 5.62. The summed E-state index contributed by atoms with van der Waals surface area (Å²) in [7, 11) is 0. The van der Waals surface area contributed by atoms with Gasteiger partial charge in [0, 0.05) is 23.9 Å². The second kappa shape index (κ2) is 7.73. The Hall–Kier alpha value is -1.17. The van der Waals surface area contributed by atoms with Crippen molar-refractivity contribution in [2.45, 2.75) is 65.6 Å². The fraction of sp³-hybridized carbons (Fsp3) is 0.733. The number of nitrogens with zero attached hydrogens (tertiary/aromatic N) is 2. The number of rotatable bonds is 7. The maximum absolute atomic E-state index is 12.2. The number of alkyl halides is 3. The van der Waals surface area contributed by atoms with Gasteiger partial charge in [0.2, 0.25) is 0 Å². The SMILES string of the molecule is Cc1nc(CCC(F)(F)F)nc(C)c1CCCNC(C)C. The van der Waals surface area contributed by atoms with Crippen molar-refractivity contribution in [1.29, 1.82) is 0 Å². The Morgan fingerprint density at radius 1 is 1.05 bits per heavy atom. The van der Waals surface area contributed by atoms with E-state index in [2.05, 4.69) is 29.1 Å². The summed E-state index contributed by atoms with van der Waals surface area (Å²) in [4.78, 5) is 8.44. The van der Waals surface area contributed by atoms with Crippen LogP contribution in [-0.2, 0) is 12.8 Å². The third-order valence-corrected chi connectivity index (χ3v) is 3.26. The first kappa shape index (κ1) is 17.9. The summed E-state index contributed by atoms with van der Waals surface area (Å²) in [5.41, 5.74) is 2.64. The van der Waals surface area contributed by atoms with Gasteiger partial charge in [0.05, 0.1) is 6.42 Å². The lowest BCUT2D eigenvalue weighted by molar-refractivity contribution is -0.134. The van der Waals surface area contributed by atoms with Gasteiger partial charge >= 0.3 is 6.18 Å². The highest BCUT2D eigenvalue weighted by atomic mass is 19.4. The van der Waals surface area contributed by atoms with Gasteiger partial charge in [-0.15, -0.1) is 0 Å². The van der Waals surface area contributed by atoms with Crippen molar-refractivity contribution >= 4 is 0 Å². The van der Waals surface area contributed by atoms with E-state index in [0.717, 1.165) is 36.3 Å². The molecular weight excluding hydrogens is 279 g/mol. The van der Waals surface area contributed by atoms with Crippen molar-refractivity contribution in [2.75, 3.05) is 6.54 Å². The smallest absolute Gasteiger partial charge is 0.315 e. The van der Waals surface area contributed by atoms with E-state index in [1.165, 1.54) is 0 Å². The Bertz CT molecular complexity index is 433. The number of aryl methyl sites for hydroxylation is 3. The molecule has 0 aliphatic rings. The fourth-order valence-electron chi connectivity index (χ4n) is 2.19. The highest BCUT2D eigenvalue weighted by molar-refractivity contribution is 5.24. The van der Waals surface area contributed by atoms with E-state index in [1.807, 2.05) is 13.8 Å². The van der Waals surface area contributed by atoms with Gasteiger partial charge in [-0.1, -0.05) is 13.8 Å². The molecular formula is C15H24F3N3. The van der Waals surface area contributed by atoms with Gasteiger partial charge in [0.25, 0.3) is 0 Å². The minimum absolute atomic E-state index is 0.152. The number of nitrogens with one attached hydrogen (secondary N) is 1. The van der Waals surface area contributed by atoms with Gasteiger partial charge in [-0.2, -0.15) is 13.2 Å². The molecule has 0 aromatic carbocycles. The summed E-state index contributed by atoms with van der Waals surface area (Å²) < 4.78 is 36.7. The Morgan fingerprint density at radius 2 is 1.62 bits per heavy atom. The zero-order chi connectivity index (χ0) is 16.0. The Labute approximate surface area is 124 Å². The van der Waals surface area contributed by atoms with Crippen LogP contribution in [-0.4, -0.2) is 28.7 Å². The number of aromatic nitrogens is 2. The monoisotopic (exact) mass is 303 g/mol. The summed E-state index contributed by atoms with van der Waals surface area (Å²) in [6, 6.07) is 0.452. The largest absolute Gasteiger partial charge is 0.389 e. The maximum Gasteiger partial charge on any atom is 0.389 e. The van der Waals surface area contributed by atoms with Crippen LogP contribution in [0.1, 0.15) is 49.5 Å². The molecule has 1 aromatic heterocycles. The van der Waals surface area contributed by atoms with Crippen molar-refractivity contribution in [3.05, 3.63) is 22.8 Å². The Balaban J connectivity index is 2.63. The van der Waals surface area contributed by atoms with Gasteiger partial charge in [-0.3, -0.25) is 0 Å². The van der Waals surface area contributed by atoms with Crippen LogP contribution >= 0.6 is 0 Å². The van der Waals surface area contributed by atoms with E-state index in [1.54, 1.807) is 0 Å². The molecule has 21 heavy (non-hydrogen) atoms. The maximum atomic E-state index is 12.2. The van der Waals surface area contributed by atoms with Crippen molar-refractivity contribution in [3.8, 4) is 0 Å². The quantitative estimate of drug-likeness (QED) is 0.783. The van der Waals surface area contributed by atoms with E-state index in [0.29, 0.717) is 6.04 Å². The number of halogens is 3. The molecule has 0 saturated heterocycles. The van der Waals surface area contributed by atoms with Gasteiger partial charge in [0.15, 0.2) is 0 Å². The lowest BCUT2D eigenvalue weighted by Crippen LogP contribution is -2.24. The summed E-state index contributed by atoms with van der Waals surface area (Å²) in [6.07, 6.45) is -3.38. The molecule has 0 radical (unpaired) electrons. The van der Waals surface area contributed by atoms with Gasteiger partial charge in [-0.05, 0) is 38.8 Å². The Kier molecular flexibility index (Phi) is 6.58. The molecule has 0 spiro atoms. The molecule has 0 atom stereocenters. The molecule has 0 amide bonds. The van der Waals surface area contributed by atoms with Crippen LogP contribution in [0, 0.1) is 13.8 Å². The molecule has 0 bridgehead atoms. The van der Waals surface area contributed by atoms with E-state index in [-0.39, 0.29) is 12.2 Å². The highest BCUT2D eigenvalue weighted by Gasteiger charge is 2.27. The van der Waals surface area contributed by atoms with Crippen molar-refractivity contribution in [3.63, 3.8) is 0 Å². The molecule has 0 aliphatic heterocycles. The summed E-state index contributed by atoms with van der Waals surface area (Å²) in [6.45, 7) is 8.78. The van der Waals surface area contributed by atoms with E-state index in [9.17, 15) is 13.2 Å². The molecule has 1 aromatic rings. The average molecular weight is 303 g/mol. The first-order valence-corrected chi connectivity index (χ1v) is 7.32. The van der Waals surface area contributed by atoms with Crippen LogP contribution in [0.15, 0.2) is 0 Å². The van der Waals surface area contributed by atoms with Crippen LogP contribution < -0.4 is 5.32 Å². The Morgan fingerprint density at radius 3 is 2.10 bits per heavy atom. The standard InChI is InChI=1S/C15H24F3N3/c1-10(2)19-9-5-6-13-11(3)20-14(21-12(13)4)7-8-15(16,17)18/h10,19H,5-9H2,1-4H3. The summed E-state index contributed by atoms with van der Waals surface area (Å²) in [5, 5.41) is 3.34. The fourth-order valence-corrected chi connectivity index (χ4v) is 2.19. The molecule has 1 rings (SSSR count). The number of hydrogen-bond donors (Lipinski definition) is 1. The minimum atomic E-state index is -4.16. The normalized spacial score (nSPS) is 12.2. The van der Waals surface area contributed by atoms with E-state index >= 15 is 0 Å². The van der Waals surface area contributed by atoms with E-state index in [4.69, 9.17) is 0 Å². The third-order valence-electron chi connectivity index (χ3n) is 3.26. The topological polar surface area (TPSA) is 37.8 Å². The molecule has 0 saturated carbocycles. The lowest BCUT2D eigenvalue weighted by atomic mass is 10.1. The average Bonchev–Trinajstić information content (AvgIpc) is 2.33. The molecule has 3 nitrogen and oxygen atoms in total. The van der Waals surface area contributed by atoms with Crippen LogP contribution in [0.25, 0.3) is 0 Å². The molecule has 0 fully saturated rings. The third kappa shape index (κ3) is 6.89. The minimum Gasteiger partial charge on any atom is -0.315 e. The zero-order valence-corrected chi connectivity index (χ0v) is 13.1. The second-order valence-corrected chi connectivity index (χ2v) is 5.62. The predicted molar refractivity (Wildman–Crippen MR) is 77.3 cm³/mol. The molecule has 1 N–H and O–H groups in total. The van der Waals surface area contributed by atoms with Crippen LogP contribution in [0.3, 0.4) is 0 Å². The summed E-state index contributed by atoms with van der Waals surface area (Å²) >= 11 is 0. The van der Waals surface area contributed by atoms with Crippen molar-refractivity contribution < 1.29 is 13.2 Å². The van der Waals surface area contributed by atoms with Gasteiger partial charge in [0.1, 0.15) is 5.82 Å². The molecule has 120 valence electrons.